The first-order valence-corrected chi connectivity index (χ1v) is 7.60. The number of anilines is 1. The van der Waals surface area contributed by atoms with Crippen LogP contribution in [0.15, 0.2) is 24.3 Å². The van der Waals surface area contributed by atoms with E-state index in [0.717, 1.165) is 44.8 Å². The van der Waals surface area contributed by atoms with E-state index in [4.69, 9.17) is 0 Å². The van der Waals surface area contributed by atoms with Gasteiger partial charge in [0.05, 0.1) is 5.52 Å². The lowest BCUT2D eigenvalue weighted by Gasteiger charge is -2.29. The fourth-order valence-electron chi connectivity index (χ4n) is 2.48. The number of nitrogens with zero attached hydrogens (tertiary/aromatic N) is 3. The molecule has 0 radical (unpaired) electrons. The molecule has 1 fully saturated rings. The van der Waals surface area contributed by atoms with Crippen molar-refractivity contribution in [2.24, 2.45) is 0 Å². The lowest BCUT2D eigenvalue weighted by Crippen LogP contribution is -2.45. The normalized spacial score (nSPS) is 16.9. The van der Waals surface area contributed by atoms with Gasteiger partial charge in [0, 0.05) is 51.7 Å². The molecule has 1 N–H and O–H groups in total. The number of likely N-dealkylation sites (N-methyl/N-ethyl adjacent to an activating group) is 1. The van der Waals surface area contributed by atoms with Crippen molar-refractivity contribution in [3.8, 4) is 0 Å². The second-order valence-corrected chi connectivity index (χ2v) is 5.77. The zero-order valence-electron chi connectivity index (χ0n) is 11.3. The highest BCUT2D eigenvalue weighted by Crippen LogP contribution is 2.29. The minimum atomic E-state index is 1.06. The third-order valence-electron chi connectivity index (χ3n) is 3.67. The van der Waals surface area contributed by atoms with Crippen molar-refractivity contribution >= 4 is 27.4 Å². The first kappa shape index (κ1) is 12.8. The maximum absolute atomic E-state index is 4.51. The molecule has 19 heavy (non-hydrogen) atoms. The van der Waals surface area contributed by atoms with Gasteiger partial charge in [-0.15, -0.1) is 0 Å². The molecule has 0 aliphatic carbocycles. The van der Waals surface area contributed by atoms with Crippen LogP contribution >= 0.6 is 11.5 Å². The van der Waals surface area contributed by atoms with E-state index in [-0.39, 0.29) is 0 Å². The Bertz CT molecular complexity index is 533. The third-order valence-corrected chi connectivity index (χ3v) is 4.67. The molecule has 0 unspecified atom stereocenters. The van der Waals surface area contributed by atoms with E-state index in [2.05, 4.69) is 44.7 Å². The summed E-state index contributed by atoms with van der Waals surface area (Å²) in [6.45, 7) is 6.76. The van der Waals surface area contributed by atoms with Gasteiger partial charge in [0.25, 0.3) is 0 Å². The molecule has 0 amide bonds. The van der Waals surface area contributed by atoms with Crippen molar-refractivity contribution < 1.29 is 0 Å². The fraction of sp³-hybridized carbons (Fsp3) is 0.500. The summed E-state index contributed by atoms with van der Waals surface area (Å²) in [6, 6.07) is 8.38. The molecule has 1 saturated heterocycles. The lowest BCUT2D eigenvalue weighted by molar-refractivity contribution is 0.246. The standard InChI is InChI=1S/C14H20N4S/c1-17(10-11-18-8-6-15-7-9-18)14-12-4-2-3-5-13(12)16-19-14/h2-5,15H,6-11H2,1H3. The highest BCUT2D eigenvalue weighted by molar-refractivity contribution is 7.11. The molecule has 3 rings (SSSR count). The molecule has 0 saturated carbocycles. The minimum Gasteiger partial charge on any atom is -0.363 e. The Morgan fingerprint density at radius 2 is 2.11 bits per heavy atom. The molecule has 2 heterocycles. The second kappa shape index (κ2) is 5.86. The quantitative estimate of drug-likeness (QED) is 0.920. The molecule has 1 aliphatic rings. The summed E-state index contributed by atoms with van der Waals surface area (Å²) in [5.41, 5.74) is 1.11. The molecular formula is C14H20N4S. The molecule has 5 heteroatoms. The molecular weight excluding hydrogens is 256 g/mol. The average Bonchev–Trinajstić information content (AvgIpc) is 2.90. The Hall–Kier alpha value is -1.17. The summed E-state index contributed by atoms with van der Waals surface area (Å²) < 4.78 is 4.51. The number of piperazine rings is 1. The molecule has 1 aromatic heterocycles. The molecule has 102 valence electrons. The van der Waals surface area contributed by atoms with Gasteiger partial charge in [-0.25, -0.2) is 0 Å². The Balaban J connectivity index is 1.64. The van der Waals surface area contributed by atoms with Crippen LogP contribution in [-0.2, 0) is 0 Å². The van der Waals surface area contributed by atoms with E-state index in [9.17, 15) is 0 Å². The Morgan fingerprint density at radius 3 is 2.95 bits per heavy atom. The number of hydrogen-bond donors (Lipinski definition) is 1. The number of benzene rings is 1. The van der Waals surface area contributed by atoms with E-state index in [0.29, 0.717) is 0 Å². The Morgan fingerprint density at radius 1 is 1.32 bits per heavy atom. The van der Waals surface area contributed by atoms with Crippen LogP contribution in [0.3, 0.4) is 0 Å². The van der Waals surface area contributed by atoms with E-state index in [1.54, 1.807) is 11.5 Å². The van der Waals surface area contributed by atoms with Crippen molar-refractivity contribution in [1.29, 1.82) is 0 Å². The van der Waals surface area contributed by atoms with Crippen LogP contribution in [0.4, 0.5) is 5.00 Å². The summed E-state index contributed by atoms with van der Waals surface area (Å²) >= 11 is 1.60. The lowest BCUT2D eigenvalue weighted by atomic mass is 10.2. The van der Waals surface area contributed by atoms with Crippen LogP contribution in [0, 0.1) is 0 Å². The van der Waals surface area contributed by atoms with Crippen LogP contribution in [0.25, 0.3) is 10.9 Å². The van der Waals surface area contributed by atoms with Gasteiger partial charge in [0.1, 0.15) is 5.00 Å². The largest absolute Gasteiger partial charge is 0.363 e. The summed E-state index contributed by atoms with van der Waals surface area (Å²) in [6.07, 6.45) is 0. The van der Waals surface area contributed by atoms with Gasteiger partial charge in [-0.2, -0.15) is 4.37 Å². The molecule has 0 spiro atoms. The highest BCUT2D eigenvalue weighted by atomic mass is 32.1. The maximum Gasteiger partial charge on any atom is 0.119 e. The molecule has 1 aromatic carbocycles. The number of hydrogen-bond acceptors (Lipinski definition) is 5. The van der Waals surface area contributed by atoms with Gasteiger partial charge in [0.2, 0.25) is 0 Å². The first-order chi connectivity index (χ1) is 9.34. The second-order valence-electron chi connectivity index (χ2n) is 5.02. The molecule has 0 atom stereocenters. The highest BCUT2D eigenvalue weighted by Gasteiger charge is 2.13. The van der Waals surface area contributed by atoms with Gasteiger partial charge in [-0.1, -0.05) is 12.1 Å². The van der Waals surface area contributed by atoms with Crippen LogP contribution < -0.4 is 10.2 Å². The van der Waals surface area contributed by atoms with Crippen LogP contribution in [0.5, 0.6) is 0 Å². The predicted octanol–water partition coefficient (Wildman–Crippen LogP) is 1.64. The smallest absolute Gasteiger partial charge is 0.119 e. The van der Waals surface area contributed by atoms with Crippen LogP contribution in [-0.4, -0.2) is 55.6 Å². The zero-order valence-corrected chi connectivity index (χ0v) is 12.1. The van der Waals surface area contributed by atoms with E-state index >= 15 is 0 Å². The average molecular weight is 276 g/mol. The van der Waals surface area contributed by atoms with Gasteiger partial charge >= 0.3 is 0 Å². The van der Waals surface area contributed by atoms with Crippen LogP contribution in [0.2, 0.25) is 0 Å². The summed E-state index contributed by atoms with van der Waals surface area (Å²) in [5.74, 6) is 0. The maximum atomic E-state index is 4.51. The first-order valence-electron chi connectivity index (χ1n) is 6.83. The third kappa shape index (κ3) is 2.88. The fourth-order valence-corrected chi connectivity index (χ4v) is 3.32. The minimum absolute atomic E-state index is 1.06. The van der Waals surface area contributed by atoms with Gasteiger partial charge in [-0.3, -0.25) is 4.90 Å². The number of fused-ring (bicyclic) bond motifs is 1. The van der Waals surface area contributed by atoms with Crippen molar-refractivity contribution in [3.05, 3.63) is 24.3 Å². The molecule has 1 aliphatic heterocycles. The van der Waals surface area contributed by atoms with Crippen molar-refractivity contribution in [2.45, 2.75) is 0 Å². The summed E-state index contributed by atoms with van der Waals surface area (Å²) in [4.78, 5) is 4.86. The summed E-state index contributed by atoms with van der Waals surface area (Å²) in [7, 11) is 2.17. The molecule has 4 nitrogen and oxygen atoms in total. The topological polar surface area (TPSA) is 31.4 Å². The van der Waals surface area contributed by atoms with Gasteiger partial charge in [0.15, 0.2) is 0 Å². The number of nitrogens with one attached hydrogen (secondary N) is 1. The monoisotopic (exact) mass is 276 g/mol. The Labute approximate surface area is 118 Å². The van der Waals surface area contributed by atoms with Gasteiger partial charge in [-0.05, 0) is 23.7 Å². The molecule has 2 aromatic rings. The van der Waals surface area contributed by atoms with Crippen molar-refractivity contribution in [1.82, 2.24) is 14.6 Å². The number of aromatic nitrogens is 1. The van der Waals surface area contributed by atoms with Crippen molar-refractivity contribution in [2.75, 3.05) is 51.2 Å². The van der Waals surface area contributed by atoms with E-state index in [1.165, 1.54) is 10.4 Å². The summed E-state index contributed by atoms with van der Waals surface area (Å²) in [5, 5.41) is 5.95. The van der Waals surface area contributed by atoms with E-state index < -0.39 is 0 Å². The van der Waals surface area contributed by atoms with Gasteiger partial charge < -0.3 is 10.2 Å². The SMILES string of the molecule is CN(CCN1CCNCC1)c1snc2ccccc12. The molecule has 0 bridgehead atoms. The van der Waals surface area contributed by atoms with Crippen molar-refractivity contribution in [3.63, 3.8) is 0 Å². The van der Waals surface area contributed by atoms with E-state index in [1.807, 2.05) is 6.07 Å². The predicted molar refractivity (Wildman–Crippen MR) is 82.2 cm³/mol. The van der Waals surface area contributed by atoms with Crippen LogP contribution in [0.1, 0.15) is 0 Å². The zero-order chi connectivity index (χ0) is 13.1. The Kier molecular flexibility index (Phi) is 3.96. The number of rotatable bonds is 4.